The van der Waals surface area contributed by atoms with E-state index in [-0.39, 0.29) is 18.6 Å². The minimum Gasteiger partial charge on any atom is -0.336 e. The van der Waals surface area contributed by atoms with Gasteiger partial charge in [0.2, 0.25) is 0 Å². The molecule has 0 unspecified atom stereocenters. The zero-order valence-electron chi connectivity index (χ0n) is 14.3. The first-order valence-electron chi connectivity index (χ1n) is 8.14. The van der Waals surface area contributed by atoms with E-state index in [2.05, 4.69) is 15.6 Å². The molecule has 3 amide bonds. The predicted molar refractivity (Wildman–Crippen MR) is 94.2 cm³/mol. The lowest BCUT2D eigenvalue weighted by Crippen LogP contribution is -2.36. The molecule has 2 heterocycles. The quantitative estimate of drug-likeness (QED) is 0.859. The molecule has 1 aliphatic rings. The van der Waals surface area contributed by atoms with Crippen LogP contribution in [0.1, 0.15) is 34.8 Å². The molecule has 26 heavy (non-hydrogen) atoms. The van der Waals surface area contributed by atoms with Crippen LogP contribution in [0.25, 0.3) is 0 Å². The van der Waals surface area contributed by atoms with Crippen molar-refractivity contribution in [1.82, 2.24) is 15.2 Å². The van der Waals surface area contributed by atoms with Gasteiger partial charge in [-0.1, -0.05) is 17.4 Å². The Kier molecular flexibility index (Phi) is 5.17. The lowest BCUT2D eigenvalue weighted by molar-refractivity contribution is 0.0726. The van der Waals surface area contributed by atoms with Crippen molar-refractivity contribution in [3.8, 4) is 0 Å². The first-order valence-corrected chi connectivity index (χ1v) is 8.96. The molecule has 3 rings (SSSR count). The molecule has 1 aromatic heterocycles. The first kappa shape index (κ1) is 18.2. The van der Waals surface area contributed by atoms with Crippen molar-refractivity contribution in [3.05, 3.63) is 46.0 Å². The molecular weight excluding hydrogens is 362 g/mol. The highest BCUT2D eigenvalue weighted by Gasteiger charge is 2.28. The molecule has 2 aromatic rings. The van der Waals surface area contributed by atoms with Gasteiger partial charge in [0.05, 0.1) is 12.2 Å². The average Bonchev–Trinajstić information content (AvgIpc) is 2.94. The molecule has 0 saturated carbocycles. The van der Waals surface area contributed by atoms with E-state index >= 15 is 0 Å². The third-order valence-corrected chi connectivity index (χ3v) is 4.83. The molecule has 0 spiro atoms. The summed E-state index contributed by atoms with van der Waals surface area (Å²) in [7, 11) is 0. The molecule has 0 saturated heterocycles. The fourth-order valence-corrected chi connectivity index (χ4v) is 3.70. The summed E-state index contributed by atoms with van der Waals surface area (Å²) in [5.74, 6) is -2.44. The van der Waals surface area contributed by atoms with E-state index in [0.29, 0.717) is 18.1 Å². The van der Waals surface area contributed by atoms with Crippen LogP contribution in [-0.2, 0) is 13.0 Å². The Morgan fingerprint density at radius 1 is 1.27 bits per heavy atom. The maximum Gasteiger partial charge on any atom is 0.321 e. The molecule has 9 heteroatoms. The number of halogens is 2. The topological polar surface area (TPSA) is 74.3 Å². The lowest BCUT2D eigenvalue weighted by atomic mass is 10.1. The minimum absolute atomic E-state index is 0.00614. The normalized spacial score (nSPS) is 13.5. The van der Waals surface area contributed by atoms with Crippen molar-refractivity contribution in [2.75, 3.05) is 11.9 Å². The van der Waals surface area contributed by atoms with Gasteiger partial charge in [0, 0.05) is 23.9 Å². The number of carbonyl (C=O) groups excluding carboxylic acids is 2. The summed E-state index contributed by atoms with van der Waals surface area (Å²) in [6.07, 6.45) is 0.459. The molecule has 0 atom stereocenters. The molecule has 1 aromatic carbocycles. The molecule has 0 aliphatic carbocycles. The molecule has 6 nitrogen and oxygen atoms in total. The van der Waals surface area contributed by atoms with Crippen molar-refractivity contribution in [3.63, 3.8) is 0 Å². The number of thiazole rings is 1. The first-order chi connectivity index (χ1) is 12.3. The van der Waals surface area contributed by atoms with Gasteiger partial charge in [-0.25, -0.2) is 18.6 Å². The minimum atomic E-state index is -0.877. The fourth-order valence-electron chi connectivity index (χ4n) is 2.68. The third kappa shape index (κ3) is 3.82. The Labute approximate surface area is 153 Å². The molecule has 1 aliphatic heterocycles. The van der Waals surface area contributed by atoms with E-state index in [1.54, 1.807) is 0 Å². The second kappa shape index (κ2) is 7.36. The van der Waals surface area contributed by atoms with Gasteiger partial charge in [0.25, 0.3) is 5.91 Å². The van der Waals surface area contributed by atoms with E-state index < -0.39 is 23.1 Å². The Morgan fingerprint density at radius 3 is 2.62 bits per heavy atom. The summed E-state index contributed by atoms with van der Waals surface area (Å²) in [5, 5.41) is 5.79. The number of fused-ring (bicyclic) bond motifs is 1. The van der Waals surface area contributed by atoms with E-state index in [0.717, 1.165) is 22.7 Å². The highest BCUT2D eigenvalue weighted by atomic mass is 32.1. The van der Waals surface area contributed by atoms with Crippen LogP contribution < -0.4 is 10.6 Å². The monoisotopic (exact) mass is 380 g/mol. The van der Waals surface area contributed by atoms with Crippen molar-refractivity contribution in [2.45, 2.75) is 32.9 Å². The third-order valence-electron chi connectivity index (χ3n) is 3.84. The van der Waals surface area contributed by atoms with Gasteiger partial charge in [-0.2, -0.15) is 0 Å². The number of anilines is 1. The highest BCUT2D eigenvalue weighted by molar-refractivity contribution is 7.15. The standard InChI is InChI=1S/C17H18F2N4O2S/c1-9(2)20-16(25)22-17-21-12-6-7-23(8-13(12)26-17)15(24)14-10(18)4-3-5-11(14)19/h3-5,9H,6-8H2,1-2H3,(H2,20,21,22,25). The number of nitrogens with zero attached hydrogens (tertiary/aromatic N) is 2. The summed E-state index contributed by atoms with van der Waals surface area (Å²) >= 11 is 1.25. The smallest absolute Gasteiger partial charge is 0.321 e. The van der Waals surface area contributed by atoms with Gasteiger partial charge >= 0.3 is 6.03 Å². The van der Waals surface area contributed by atoms with E-state index in [4.69, 9.17) is 0 Å². The Balaban J connectivity index is 1.74. The second-order valence-electron chi connectivity index (χ2n) is 6.22. The molecule has 0 radical (unpaired) electrons. The maximum atomic E-state index is 13.9. The number of benzene rings is 1. The van der Waals surface area contributed by atoms with Crippen molar-refractivity contribution in [2.24, 2.45) is 0 Å². The second-order valence-corrected chi connectivity index (χ2v) is 7.30. The summed E-state index contributed by atoms with van der Waals surface area (Å²) in [6, 6.07) is 2.99. The van der Waals surface area contributed by atoms with Crippen LogP contribution in [0.5, 0.6) is 0 Å². The number of rotatable bonds is 3. The number of hydrogen-bond acceptors (Lipinski definition) is 4. The number of aromatic nitrogens is 1. The number of carbonyl (C=O) groups is 2. The Bertz CT molecular complexity index is 833. The summed E-state index contributed by atoms with van der Waals surface area (Å²) in [5.41, 5.74) is 0.239. The van der Waals surface area contributed by atoms with Crippen molar-refractivity contribution >= 4 is 28.4 Å². The number of amides is 3. The zero-order chi connectivity index (χ0) is 18.8. The molecule has 138 valence electrons. The van der Waals surface area contributed by atoms with Crippen LogP contribution >= 0.6 is 11.3 Å². The zero-order valence-corrected chi connectivity index (χ0v) is 15.1. The fraction of sp³-hybridized carbons (Fsp3) is 0.353. The summed E-state index contributed by atoms with van der Waals surface area (Å²) < 4.78 is 27.7. The van der Waals surface area contributed by atoms with Gasteiger partial charge in [-0.05, 0) is 26.0 Å². The van der Waals surface area contributed by atoms with E-state index in [1.807, 2.05) is 13.8 Å². The molecular formula is C17H18F2N4O2S. The summed E-state index contributed by atoms with van der Waals surface area (Å²) in [4.78, 5) is 30.8. The van der Waals surface area contributed by atoms with Gasteiger partial charge in [0.15, 0.2) is 5.13 Å². The Morgan fingerprint density at radius 2 is 1.96 bits per heavy atom. The van der Waals surface area contributed by atoms with Gasteiger partial charge < -0.3 is 10.2 Å². The van der Waals surface area contributed by atoms with Gasteiger partial charge in [-0.3, -0.25) is 10.1 Å². The van der Waals surface area contributed by atoms with Crippen LogP contribution in [0.2, 0.25) is 0 Å². The number of nitrogens with one attached hydrogen (secondary N) is 2. The van der Waals surface area contributed by atoms with Gasteiger partial charge in [-0.15, -0.1) is 0 Å². The van der Waals surface area contributed by atoms with Crippen molar-refractivity contribution < 1.29 is 18.4 Å². The van der Waals surface area contributed by atoms with E-state index in [1.165, 1.54) is 22.3 Å². The van der Waals surface area contributed by atoms with Crippen LogP contribution in [0.15, 0.2) is 18.2 Å². The lowest BCUT2D eigenvalue weighted by Gasteiger charge is -2.26. The van der Waals surface area contributed by atoms with Gasteiger partial charge in [0.1, 0.15) is 17.2 Å². The largest absolute Gasteiger partial charge is 0.336 e. The van der Waals surface area contributed by atoms with Crippen LogP contribution in [-0.4, -0.2) is 34.4 Å². The number of hydrogen-bond donors (Lipinski definition) is 2. The highest BCUT2D eigenvalue weighted by Crippen LogP contribution is 2.29. The molecule has 0 bridgehead atoms. The van der Waals surface area contributed by atoms with Crippen LogP contribution in [0.3, 0.4) is 0 Å². The Hall–Kier alpha value is -2.55. The molecule has 2 N–H and O–H groups in total. The number of urea groups is 1. The predicted octanol–water partition coefficient (Wildman–Crippen LogP) is 3.15. The molecule has 0 fully saturated rings. The van der Waals surface area contributed by atoms with Crippen molar-refractivity contribution in [1.29, 1.82) is 0 Å². The van der Waals surface area contributed by atoms with Crippen LogP contribution in [0, 0.1) is 11.6 Å². The van der Waals surface area contributed by atoms with Crippen LogP contribution in [0.4, 0.5) is 18.7 Å². The summed E-state index contributed by atoms with van der Waals surface area (Å²) in [6.45, 7) is 4.20. The maximum absolute atomic E-state index is 13.9. The SMILES string of the molecule is CC(C)NC(=O)Nc1nc2c(s1)CN(C(=O)c1c(F)cccc1F)CC2. The average molecular weight is 380 g/mol. The van der Waals surface area contributed by atoms with E-state index in [9.17, 15) is 18.4 Å².